The first-order valence-electron chi connectivity index (χ1n) is 12.6. The standard InChI is InChI=1S/C30H34FN3O3/c1-3-29-28(22-33(17-18-36-2)21-26(35)19-23-11-6-4-7-12-23)30(37-27-16-10-13-24(31)20-27)34(32-29)25-14-8-5-9-15-25/h4-16,20,26,35H,3,17-19,21-22H2,1-2H3/t26-/m1/s1. The van der Waals surface area contributed by atoms with Gasteiger partial charge in [0.15, 0.2) is 0 Å². The van der Waals surface area contributed by atoms with E-state index in [4.69, 9.17) is 14.6 Å². The second-order valence-electron chi connectivity index (χ2n) is 8.96. The average Bonchev–Trinajstić information content (AvgIpc) is 3.25. The van der Waals surface area contributed by atoms with Crippen LogP contribution in [0, 0.1) is 5.82 Å². The van der Waals surface area contributed by atoms with Crippen molar-refractivity contribution in [2.24, 2.45) is 0 Å². The molecule has 0 radical (unpaired) electrons. The van der Waals surface area contributed by atoms with Gasteiger partial charge in [0.2, 0.25) is 5.88 Å². The van der Waals surface area contributed by atoms with Crippen LogP contribution in [0.25, 0.3) is 5.69 Å². The van der Waals surface area contributed by atoms with Gasteiger partial charge in [-0.15, -0.1) is 0 Å². The van der Waals surface area contributed by atoms with E-state index in [1.165, 1.54) is 12.1 Å². The van der Waals surface area contributed by atoms with Crippen molar-refractivity contribution in [3.8, 4) is 17.3 Å². The highest BCUT2D eigenvalue weighted by atomic mass is 19.1. The number of ether oxygens (including phenoxy) is 2. The Morgan fingerprint density at radius 3 is 2.41 bits per heavy atom. The molecule has 0 saturated heterocycles. The van der Waals surface area contributed by atoms with E-state index >= 15 is 0 Å². The van der Waals surface area contributed by atoms with Crippen LogP contribution in [0.2, 0.25) is 0 Å². The molecule has 4 aromatic rings. The minimum absolute atomic E-state index is 0.369. The number of methoxy groups -OCH3 is 1. The summed E-state index contributed by atoms with van der Waals surface area (Å²) >= 11 is 0. The second-order valence-corrected chi connectivity index (χ2v) is 8.96. The number of benzene rings is 3. The van der Waals surface area contributed by atoms with Crippen molar-refractivity contribution in [1.29, 1.82) is 0 Å². The Morgan fingerprint density at radius 1 is 1.00 bits per heavy atom. The normalized spacial score (nSPS) is 12.1. The van der Waals surface area contributed by atoms with Crippen molar-refractivity contribution in [2.75, 3.05) is 26.8 Å². The monoisotopic (exact) mass is 503 g/mol. The third-order valence-electron chi connectivity index (χ3n) is 6.14. The van der Waals surface area contributed by atoms with Crippen LogP contribution in [0.15, 0.2) is 84.9 Å². The number of nitrogens with zero attached hydrogens (tertiary/aromatic N) is 3. The molecule has 1 atom stereocenters. The zero-order chi connectivity index (χ0) is 26.0. The fraction of sp³-hybridized carbons (Fsp3) is 0.300. The van der Waals surface area contributed by atoms with E-state index in [0.717, 1.165) is 22.5 Å². The molecule has 0 aliphatic rings. The zero-order valence-corrected chi connectivity index (χ0v) is 21.4. The molecule has 37 heavy (non-hydrogen) atoms. The SMILES string of the molecule is CCc1nn(-c2ccccc2)c(Oc2cccc(F)c2)c1CN(CCOC)C[C@H](O)Cc1ccccc1. The molecule has 194 valence electrons. The second kappa shape index (κ2) is 13.1. The molecule has 0 aliphatic heterocycles. The molecule has 7 heteroatoms. The Hall–Kier alpha value is -3.52. The van der Waals surface area contributed by atoms with Gasteiger partial charge in [-0.1, -0.05) is 61.5 Å². The minimum atomic E-state index is -0.555. The molecule has 0 spiro atoms. The van der Waals surface area contributed by atoms with Gasteiger partial charge in [-0.25, -0.2) is 9.07 Å². The van der Waals surface area contributed by atoms with Crippen molar-refractivity contribution >= 4 is 0 Å². The number of hydrogen-bond donors (Lipinski definition) is 1. The summed E-state index contributed by atoms with van der Waals surface area (Å²) in [5, 5.41) is 15.8. The van der Waals surface area contributed by atoms with Gasteiger partial charge in [0, 0.05) is 32.8 Å². The van der Waals surface area contributed by atoms with Gasteiger partial charge in [0.1, 0.15) is 11.6 Å². The predicted octanol–water partition coefficient (Wildman–Crippen LogP) is 5.42. The van der Waals surface area contributed by atoms with Crippen LogP contribution >= 0.6 is 0 Å². The quantitative estimate of drug-likeness (QED) is 0.264. The van der Waals surface area contributed by atoms with Crippen LogP contribution in [-0.2, 0) is 24.1 Å². The van der Waals surface area contributed by atoms with E-state index < -0.39 is 6.10 Å². The maximum atomic E-state index is 14.0. The average molecular weight is 504 g/mol. The van der Waals surface area contributed by atoms with Crippen molar-refractivity contribution in [3.63, 3.8) is 0 Å². The molecule has 1 aromatic heterocycles. The smallest absolute Gasteiger partial charge is 0.227 e. The number of aliphatic hydroxyl groups excluding tert-OH is 1. The summed E-state index contributed by atoms with van der Waals surface area (Å²) in [5.41, 5.74) is 3.72. The number of para-hydroxylation sites is 1. The van der Waals surface area contributed by atoms with Crippen molar-refractivity contribution < 1.29 is 19.0 Å². The summed E-state index contributed by atoms with van der Waals surface area (Å²) in [6.07, 6.45) is 0.696. The molecule has 0 saturated carbocycles. The largest absolute Gasteiger partial charge is 0.438 e. The van der Waals surface area contributed by atoms with Crippen molar-refractivity contribution in [2.45, 2.75) is 32.4 Å². The van der Waals surface area contributed by atoms with E-state index in [-0.39, 0.29) is 5.82 Å². The molecule has 0 bridgehead atoms. The van der Waals surface area contributed by atoms with Gasteiger partial charge in [0.05, 0.1) is 29.7 Å². The first-order valence-corrected chi connectivity index (χ1v) is 12.6. The molecule has 0 unspecified atom stereocenters. The lowest BCUT2D eigenvalue weighted by molar-refractivity contribution is 0.0846. The Balaban J connectivity index is 1.67. The number of hydrogen-bond acceptors (Lipinski definition) is 5. The van der Waals surface area contributed by atoms with E-state index in [0.29, 0.717) is 50.7 Å². The van der Waals surface area contributed by atoms with E-state index in [1.54, 1.807) is 23.9 Å². The van der Waals surface area contributed by atoms with Crippen LogP contribution < -0.4 is 4.74 Å². The van der Waals surface area contributed by atoms with Crippen LogP contribution in [0.3, 0.4) is 0 Å². The number of aryl methyl sites for hydroxylation is 1. The Labute approximate surface area is 217 Å². The maximum Gasteiger partial charge on any atom is 0.227 e. The first-order chi connectivity index (χ1) is 18.1. The molecule has 4 rings (SSSR count). The number of aliphatic hydroxyl groups is 1. The third kappa shape index (κ3) is 7.26. The topological polar surface area (TPSA) is 59.8 Å². The lowest BCUT2D eigenvalue weighted by Gasteiger charge is -2.25. The molecule has 1 heterocycles. The molecule has 3 aromatic carbocycles. The summed E-state index contributed by atoms with van der Waals surface area (Å²) in [5.74, 6) is 0.563. The summed E-state index contributed by atoms with van der Waals surface area (Å²) in [7, 11) is 1.67. The number of aromatic nitrogens is 2. The summed E-state index contributed by atoms with van der Waals surface area (Å²) in [6.45, 7) is 4.15. The van der Waals surface area contributed by atoms with E-state index in [2.05, 4.69) is 11.8 Å². The van der Waals surface area contributed by atoms with Crippen LogP contribution in [-0.4, -0.2) is 52.7 Å². The van der Waals surface area contributed by atoms with E-state index in [1.807, 2.05) is 60.7 Å². The van der Waals surface area contributed by atoms with Gasteiger partial charge < -0.3 is 14.6 Å². The minimum Gasteiger partial charge on any atom is -0.438 e. The lowest BCUT2D eigenvalue weighted by atomic mass is 10.1. The number of rotatable bonds is 13. The Morgan fingerprint density at radius 2 is 1.73 bits per heavy atom. The van der Waals surface area contributed by atoms with Gasteiger partial charge in [-0.3, -0.25) is 4.90 Å². The molecular weight excluding hydrogens is 469 g/mol. The predicted molar refractivity (Wildman–Crippen MR) is 143 cm³/mol. The van der Waals surface area contributed by atoms with Crippen LogP contribution in [0.4, 0.5) is 4.39 Å². The highest BCUT2D eigenvalue weighted by Crippen LogP contribution is 2.32. The Kier molecular flexibility index (Phi) is 9.43. The number of halogens is 1. The molecular formula is C30H34FN3O3. The Bertz CT molecular complexity index is 1250. The molecule has 0 amide bonds. The molecule has 1 N–H and O–H groups in total. The van der Waals surface area contributed by atoms with Gasteiger partial charge in [0.25, 0.3) is 0 Å². The fourth-order valence-corrected chi connectivity index (χ4v) is 4.34. The fourth-order valence-electron chi connectivity index (χ4n) is 4.34. The van der Waals surface area contributed by atoms with Crippen LogP contribution in [0.5, 0.6) is 11.6 Å². The third-order valence-corrected chi connectivity index (χ3v) is 6.14. The van der Waals surface area contributed by atoms with E-state index in [9.17, 15) is 9.50 Å². The lowest BCUT2D eigenvalue weighted by Crippen LogP contribution is -2.35. The van der Waals surface area contributed by atoms with Crippen LogP contribution in [0.1, 0.15) is 23.7 Å². The summed E-state index contributed by atoms with van der Waals surface area (Å²) < 4.78 is 27.4. The first kappa shape index (κ1) is 26.5. The highest BCUT2D eigenvalue weighted by molar-refractivity contribution is 5.43. The molecule has 0 fully saturated rings. The zero-order valence-electron chi connectivity index (χ0n) is 21.4. The summed E-state index contributed by atoms with van der Waals surface area (Å²) in [6, 6.07) is 25.8. The maximum absolute atomic E-state index is 14.0. The van der Waals surface area contributed by atoms with Crippen molar-refractivity contribution in [3.05, 3.63) is 108 Å². The molecule has 0 aliphatic carbocycles. The van der Waals surface area contributed by atoms with Gasteiger partial charge >= 0.3 is 0 Å². The summed E-state index contributed by atoms with van der Waals surface area (Å²) in [4.78, 5) is 2.15. The molecule has 6 nitrogen and oxygen atoms in total. The van der Waals surface area contributed by atoms with Crippen molar-refractivity contribution in [1.82, 2.24) is 14.7 Å². The van der Waals surface area contributed by atoms with Gasteiger partial charge in [-0.2, -0.15) is 5.10 Å². The highest BCUT2D eigenvalue weighted by Gasteiger charge is 2.24. The van der Waals surface area contributed by atoms with Gasteiger partial charge in [-0.05, 0) is 42.7 Å².